The fourth-order valence-corrected chi connectivity index (χ4v) is 2.91. The summed E-state index contributed by atoms with van der Waals surface area (Å²) in [5.41, 5.74) is 2.68. The van der Waals surface area contributed by atoms with Crippen molar-refractivity contribution in [1.82, 2.24) is 0 Å². The minimum absolute atomic E-state index is 0.0706. The summed E-state index contributed by atoms with van der Waals surface area (Å²) in [6.07, 6.45) is 2.30. The molecule has 1 heterocycles. The Labute approximate surface area is 135 Å². The van der Waals surface area contributed by atoms with Crippen LogP contribution < -0.4 is 9.80 Å². The van der Waals surface area contributed by atoms with E-state index in [0.29, 0.717) is 24.5 Å². The number of fused-ring (bicyclic) bond motifs is 1. The molecule has 0 radical (unpaired) electrons. The van der Waals surface area contributed by atoms with Crippen LogP contribution in [0.25, 0.3) is 0 Å². The van der Waals surface area contributed by atoms with Crippen molar-refractivity contribution in [2.45, 2.75) is 6.42 Å². The van der Waals surface area contributed by atoms with Gasteiger partial charge in [-0.1, -0.05) is 35.9 Å². The lowest BCUT2D eigenvalue weighted by atomic mass is 10.2. The molecule has 4 heteroatoms. The highest BCUT2D eigenvalue weighted by Crippen LogP contribution is 2.39. The lowest BCUT2D eigenvalue weighted by Crippen LogP contribution is -2.26. The Bertz CT molecular complexity index is 699. The Morgan fingerprint density at radius 1 is 1.14 bits per heavy atom. The van der Waals surface area contributed by atoms with Crippen molar-refractivity contribution in [2.24, 2.45) is 0 Å². The number of para-hydroxylation sites is 1. The molecule has 22 heavy (non-hydrogen) atoms. The average Bonchev–Trinajstić information content (AvgIpc) is 2.65. The van der Waals surface area contributed by atoms with Crippen LogP contribution in [0, 0.1) is 0 Å². The van der Waals surface area contributed by atoms with Gasteiger partial charge in [-0.25, -0.2) is 0 Å². The molecule has 0 bridgehead atoms. The first-order chi connectivity index (χ1) is 10.7. The van der Waals surface area contributed by atoms with Gasteiger partial charge in [0.2, 0.25) is 5.91 Å². The highest BCUT2D eigenvalue weighted by atomic mass is 35.5. The standard InChI is InChI=1S/C18H17ClN2O/c1-2-11-20-12-10-18(22)21(15-6-4-3-5-7-15)17-13-14(19)8-9-16(17)20/h2-9,13H,1,10-12H2. The summed E-state index contributed by atoms with van der Waals surface area (Å²) in [6.45, 7) is 5.17. The predicted molar refractivity (Wildman–Crippen MR) is 92.1 cm³/mol. The predicted octanol–water partition coefficient (Wildman–Crippen LogP) is 4.40. The molecule has 1 aliphatic rings. The first kappa shape index (κ1) is 14.7. The summed E-state index contributed by atoms with van der Waals surface area (Å²) in [7, 11) is 0. The lowest BCUT2D eigenvalue weighted by Gasteiger charge is -2.26. The number of carbonyl (C=O) groups excluding carboxylic acids is 1. The number of hydrogen-bond acceptors (Lipinski definition) is 2. The Morgan fingerprint density at radius 2 is 1.91 bits per heavy atom. The molecule has 1 aliphatic heterocycles. The zero-order valence-electron chi connectivity index (χ0n) is 12.2. The molecule has 0 fully saturated rings. The number of rotatable bonds is 3. The van der Waals surface area contributed by atoms with Crippen LogP contribution in [-0.4, -0.2) is 19.0 Å². The van der Waals surface area contributed by atoms with Crippen molar-refractivity contribution < 1.29 is 4.79 Å². The fourth-order valence-electron chi connectivity index (χ4n) is 2.75. The van der Waals surface area contributed by atoms with Crippen molar-refractivity contribution in [3.63, 3.8) is 0 Å². The third-order valence-corrected chi connectivity index (χ3v) is 3.96. The minimum Gasteiger partial charge on any atom is -0.366 e. The molecule has 3 rings (SSSR count). The van der Waals surface area contributed by atoms with Crippen LogP contribution in [0.3, 0.4) is 0 Å². The van der Waals surface area contributed by atoms with Gasteiger partial charge in [-0.3, -0.25) is 9.69 Å². The van der Waals surface area contributed by atoms with Crippen molar-refractivity contribution >= 4 is 34.6 Å². The number of nitrogens with zero attached hydrogens (tertiary/aromatic N) is 2. The fraction of sp³-hybridized carbons (Fsp3) is 0.167. The van der Waals surface area contributed by atoms with Gasteiger partial charge in [0.1, 0.15) is 0 Å². The van der Waals surface area contributed by atoms with E-state index < -0.39 is 0 Å². The maximum atomic E-state index is 12.7. The Balaban J connectivity index is 2.16. The average molecular weight is 313 g/mol. The van der Waals surface area contributed by atoms with E-state index in [-0.39, 0.29) is 5.91 Å². The number of hydrogen-bond donors (Lipinski definition) is 0. The number of anilines is 3. The smallest absolute Gasteiger partial charge is 0.233 e. The largest absolute Gasteiger partial charge is 0.366 e. The highest BCUT2D eigenvalue weighted by molar-refractivity contribution is 6.31. The normalized spacial score (nSPS) is 14.5. The van der Waals surface area contributed by atoms with Gasteiger partial charge in [0.05, 0.1) is 11.4 Å². The molecule has 2 aromatic carbocycles. The quantitative estimate of drug-likeness (QED) is 0.784. The van der Waals surface area contributed by atoms with E-state index in [0.717, 1.165) is 17.1 Å². The minimum atomic E-state index is 0.0706. The Kier molecular flexibility index (Phi) is 4.16. The van der Waals surface area contributed by atoms with Crippen LogP contribution in [0.2, 0.25) is 5.02 Å². The molecule has 2 aromatic rings. The maximum absolute atomic E-state index is 12.7. The molecule has 0 saturated heterocycles. The Morgan fingerprint density at radius 3 is 2.64 bits per heavy atom. The SMILES string of the molecule is C=CCN1CCC(=O)N(c2ccccc2)c2cc(Cl)ccc21. The third-order valence-electron chi connectivity index (χ3n) is 3.73. The van der Waals surface area contributed by atoms with Gasteiger partial charge in [-0.05, 0) is 30.3 Å². The zero-order valence-corrected chi connectivity index (χ0v) is 13.0. The molecule has 0 atom stereocenters. The topological polar surface area (TPSA) is 23.6 Å². The summed E-state index contributed by atoms with van der Waals surface area (Å²) in [5.74, 6) is 0.0706. The Hall–Kier alpha value is -2.26. The van der Waals surface area contributed by atoms with Gasteiger partial charge in [-0.2, -0.15) is 0 Å². The molecule has 1 amide bonds. The van der Waals surface area contributed by atoms with Gasteiger partial charge < -0.3 is 4.90 Å². The van der Waals surface area contributed by atoms with Gasteiger partial charge in [-0.15, -0.1) is 6.58 Å². The maximum Gasteiger partial charge on any atom is 0.233 e. The second kappa shape index (κ2) is 6.24. The van der Waals surface area contributed by atoms with Crippen LogP contribution in [0.4, 0.5) is 17.1 Å². The number of halogens is 1. The van der Waals surface area contributed by atoms with E-state index in [4.69, 9.17) is 11.6 Å². The first-order valence-corrected chi connectivity index (χ1v) is 7.62. The lowest BCUT2D eigenvalue weighted by molar-refractivity contribution is -0.117. The molecule has 0 unspecified atom stereocenters. The monoisotopic (exact) mass is 312 g/mol. The molecule has 112 valence electrons. The molecule has 0 aliphatic carbocycles. The van der Waals surface area contributed by atoms with Gasteiger partial charge in [0.25, 0.3) is 0 Å². The third kappa shape index (κ3) is 2.72. The van der Waals surface area contributed by atoms with Gasteiger partial charge in [0, 0.05) is 30.2 Å². The summed E-state index contributed by atoms with van der Waals surface area (Å²) >= 11 is 6.18. The van der Waals surface area contributed by atoms with Crippen LogP contribution in [0.15, 0.2) is 61.2 Å². The van der Waals surface area contributed by atoms with Crippen molar-refractivity contribution in [3.05, 3.63) is 66.2 Å². The second-order valence-corrected chi connectivity index (χ2v) is 5.62. The number of carbonyl (C=O) groups is 1. The summed E-state index contributed by atoms with van der Waals surface area (Å²) < 4.78 is 0. The van der Waals surface area contributed by atoms with Crippen LogP contribution in [-0.2, 0) is 4.79 Å². The second-order valence-electron chi connectivity index (χ2n) is 5.18. The number of benzene rings is 2. The highest BCUT2D eigenvalue weighted by Gasteiger charge is 2.27. The van der Waals surface area contributed by atoms with E-state index >= 15 is 0 Å². The molecule has 0 N–H and O–H groups in total. The van der Waals surface area contributed by atoms with E-state index in [9.17, 15) is 4.79 Å². The van der Waals surface area contributed by atoms with E-state index in [1.807, 2.05) is 54.6 Å². The molecule has 0 spiro atoms. The van der Waals surface area contributed by atoms with Crippen molar-refractivity contribution in [3.8, 4) is 0 Å². The number of amides is 1. The summed E-state index contributed by atoms with van der Waals surface area (Å²) in [5, 5.41) is 0.618. The summed E-state index contributed by atoms with van der Waals surface area (Å²) in [4.78, 5) is 16.6. The molecular formula is C18H17ClN2O. The molecule has 3 nitrogen and oxygen atoms in total. The van der Waals surface area contributed by atoms with Crippen LogP contribution >= 0.6 is 11.6 Å². The van der Waals surface area contributed by atoms with Crippen LogP contribution in [0.5, 0.6) is 0 Å². The van der Waals surface area contributed by atoms with E-state index in [1.54, 1.807) is 4.90 Å². The van der Waals surface area contributed by atoms with Gasteiger partial charge >= 0.3 is 0 Å². The first-order valence-electron chi connectivity index (χ1n) is 7.24. The van der Waals surface area contributed by atoms with Crippen LogP contribution in [0.1, 0.15) is 6.42 Å². The molecule has 0 aromatic heterocycles. The zero-order chi connectivity index (χ0) is 15.5. The van der Waals surface area contributed by atoms with E-state index in [2.05, 4.69) is 11.5 Å². The van der Waals surface area contributed by atoms with Crippen molar-refractivity contribution in [2.75, 3.05) is 22.9 Å². The molecule has 0 saturated carbocycles. The van der Waals surface area contributed by atoms with Gasteiger partial charge in [0.15, 0.2) is 0 Å². The van der Waals surface area contributed by atoms with E-state index in [1.165, 1.54) is 0 Å². The summed E-state index contributed by atoms with van der Waals surface area (Å²) in [6, 6.07) is 15.3. The molecular weight excluding hydrogens is 296 g/mol. The van der Waals surface area contributed by atoms with Crippen molar-refractivity contribution in [1.29, 1.82) is 0 Å².